The molecule has 22 heavy (non-hydrogen) atoms. The molecule has 0 saturated carbocycles. The van der Waals surface area contributed by atoms with Crippen LogP contribution in [0.15, 0.2) is 24.3 Å². The molecular weight excluding hydrogens is 304 g/mol. The molecule has 1 aromatic heterocycles. The van der Waals surface area contributed by atoms with E-state index >= 15 is 0 Å². The Labute approximate surface area is 132 Å². The topological polar surface area (TPSA) is 73.4 Å². The monoisotopic (exact) mass is 320 g/mol. The number of carboxylic acid groups (broad SMARTS) is 1. The average molecular weight is 321 g/mol. The highest BCUT2D eigenvalue weighted by molar-refractivity contribution is 6.31. The largest absolute Gasteiger partial charge is 0.481 e. The lowest BCUT2D eigenvalue weighted by atomic mass is 9.82. The number of fused-ring (bicyclic) bond motifs is 1. The third-order valence-electron chi connectivity index (χ3n) is 4.31. The number of likely N-dealkylation sites (tertiary alicyclic amines) is 1. The third kappa shape index (κ3) is 2.57. The first-order valence-corrected chi connectivity index (χ1v) is 7.58. The Kier molecular flexibility index (Phi) is 3.60. The van der Waals surface area contributed by atoms with E-state index in [1.807, 2.05) is 6.07 Å². The maximum Gasteiger partial charge on any atom is 0.311 e. The molecule has 2 heterocycles. The Morgan fingerprint density at radius 3 is 2.86 bits per heavy atom. The van der Waals surface area contributed by atoms with Crippen LogP contribution in [-0.2, 0) is 4.79 Å². The molecule has 1 atom stereocenters. The molecule has 6 heteroatoms. The predicted octanol–water partition coefficient (Wildman–Crippen LogP) is 3.15. The molecule has 0 aliphatic carbocycles. The van der Waals surface area contributed by atoms with Gasteiger partial charge in [0.2, 0.25) is 0 Å². The lowest BCUT2D eigenvalue weighted by Gasteiger charge is -2.37. The van der Waals surface area contributed by atoms with Crippen LogP contribution in [0.5, 0.6) is 0 Å². The van der Waals surface area contributed by atoms with Gasteiger partial charge in [0.1, 0.15) is 5.69 Å². The molecule has 0 bridgehead atoms. The number of aromatic nitrogens is 1. The summed E-state index contributed by atoms with van der Waals surface area (Å²) >= 11 is 5.95. The molecule has 0 spiro atoms. The zero-order chi connectivity index (χ0) is 15.9. The maximum absolute atomic E-state index is 12.6. The van der Waals surface area contributed by atoms with Gasteiger partial charge in [0.05, 0.1) is 5.41 Å². The highest BCUT2D eigenvalue weighted by Gasteiger charge is 2.39. The number of carbonyl (C=O) groups is 2. The van der Waals surface area contributed by atoms with Crippen LogP contribution in [-0.4, -0.2) is 40.0 Å². The lowest BCUT2D eigenvalue weighted by Crippen LogP contribution is -2.48. The van der Waals surface area contributed by atoms with Crippen molar-refractivity contribution in [2.24, 2.45) is 5.41 Å². The number of H-pyrrole nitrogens is 1. The summed E-state index contributed by atoms with van der Waals surface area (Å²) in [5.41, 5.74) is 0.393. The van der Waals surface area contributed by atoms with Crippen LogP contribution >= 0.6 is 11.6 Å². The van der Waals surface area contributed by atoms with Crippen molar-refractivity contribution in [2.45, 2.75) is 19.8 Å². The molecule has 1 aromatic carbocycles. The van der Waals surface area contributed by atoms with E-state index in [0.29, 0.717) is 30.1 Å². The van der Waals surface area contributed by atoms with Gasteiger partial charge in [0.25, 0.3) is 5.91 Å². The van der Waals surface area contributed by atoms with Crippen molar-refractivity contribution in [1.29, 1.82) is 0 Å². The van der Waals surface area contributed by atoms with Crippen LogP contribution in [0.1, 0.15) is 30.3 Å². The van der Waals surface area contributed by atoms with Gasteiger partial charge < -0.3 is 15.0 Å². The second-order valence-corrected chi connectivity index (χ2v) is 6.55. The molecule has 1 aliphatic heterocycles. The first kappa shape index (κ1) is 14.9. The fourth-order valence-corrected chi connectivity index (χ4v) is 3.14. The number of halogens is 1. The second kappa shape index (κ2) is 5.32. The summed E-state index contributed by atoms with van der Waals surface area (Å²) in [6, 6.07) is 7.17. The number of piperidine rings is 1. The Morgan fingerprint density at radius 1 is 1.36 bits per heavy atom. The molecule has 1 saturated heterocycles. The van der Waals surface area contributed by atoms with Crippen molar-refractivity contribution in [3.05, 3.63) is 35.0 Å². The summed E-state index contributed by atoms with van der Waals surface area (Å²) in [7, 11) is 0. The summed E-state index contributed by atoms with van der Waals surface area (Å²) in [6.45, 7) is 2.51. The van der Waals surface area contributed by atoms with Crippen LogP contribution in [0.4, 0.5) is 0 Å². The fraction of sp³-hybridized carbons (Fsp3) is 0.375. The van der Waals surface area contributed by atoms with Gasteiger partial charge >= 0.3 is 5.97 Å². The first-order chi connectivity index (χ1) is 10.4. The zero-order valence-electron chi connectivity index (χ0n) is 12.2. The Bertz CT molecular complexity index is 755. The maximum atomic E-state index is 12.6. The van der Waals surface area contributed by atoms with Crippen LogP contribution in [0.25, 0.3) is 10.9 Å². The number of benzene rings is 1. The molecule has 1 aliphatic rings. The van der Waals surface area contributed by atoms with Crippen LogP contribution in [0.3, 0.4) is 0 Å². The molecule has 2 aromatic rings. The quantitative estimate of drug-likeness (QED) is 0.892. The molecule has 2 N–H and O–H groups in total. The minimum atomic E-state index is -0.872. The van der Waals surface area contributed by atoms with E-state index in [4.69, 9.17) is 11.6 Å². The number of carboxylic acids is 1. The van der Waals surface area contributed by atoms with Gasteiger partial charge in [0.15, 0.2) is 0 Å². The van der Waals surface area contributed by atoms with E-state index in [-0.39, 0.29) is 12.5 Å². The van der Waals surface area contributed by atoms with Gasteiger partial charge in [-0.3, -0.25) is 9.59 Å². The number of hydrogen-bond donors (Lipinski definition) is 2. The van der Waals surface area contributed by atoms with Crippen LogP contribution in [0, 0.1) is 5.41 Å². The average Bonchev–Trinajstić information content (AvgIpc) is 2.89. The zero-order valence-corrected chi connectivity index (χ0v) is 13.0. The van der Waals surface area contributed by atoms with E-state index in [1.54, 1.807) is 30.0 Å². The molecule has 1 fully saturated rings. The van der Waals surface area contributed by atoms with Crippen molar-refractivity contribution in [3.63, 3.8) is 0 Å². The number of aliphatic carboxylic acids is 1. The predicted molar refractivity (Wildman–Crippen MR) is 84.2 cm³/mol. The van der Waals surface area contributed by atoms with E-state index in [0.717, 1.165) is 10.9 Å². The van der Waals surface area contributed by atoms with Crippen molar-refractivity contribution in [3.8, 4) is 0 Å². The number of nitrogens with one attached hydrogen (secondary N) is 1. The number of nitrogens with zero attached hydrogens (tertiary/aromatic N) is 1. The van der Waals surface area contributed by atoms with Crippen LogP contribution in [0.2, 0.25) is 5.02 Å². The van der Waals surface area contributed by atoms with E-state index in [1.165, 1.54) is 0 Å². The molecule has 1 amide bonds. The van der Waals surface area contributed by atoms with E-state index in [9.17, 15) is 14.7 Å². The van der Waals surface area contributed by atoms with Crippen molar-refractivity contribution in [2.75, 3.05) is 13.1 Å². The SMILES string of the molecule is CC1(C(=O)O)CCCN(C(=O)c2cc3ccc(Cl)cc3[nH]2)C1. The number of aromatic amines is 1. The minimum Gasteiger partial charge on any atom is -0.481 e. The highest BCUT2D eigenvalue weighted by Crippen LogP contribution is 2.31. The van der Waals surface area contributed by atoms with E-state index in [2.05, 4.69) is 4.98 Å². The van der Waals surface area contributed by atoms with Crippen LogP contribution < -0.4 is 0 Å². The first-order valence-electron chi connectivity index (χ1n) is 7.20. The smallest absolute Gasteiger partial charge is 0.311 e. The van der Waals surface area contributed by atoms with E-state index < -0.39 is 11.4 Å². The van der Waals surface area contributed by atoms with Gasteiger partial charge in [-0.15, -0.1) is 0 Å². The summed E-state index contributed by atoms with van der Waals surface area (Å²) in [4.78, 5) is 28.7. The number of rotatable bonds is 2. The van der Waals surface area contributed by atoms with Gasteiger partial charge in [-0.2, -0.15) is 0 Å². The standard InChI is InChI=1S/C16H17ClN2O3/c1-16(15(21)22)5-2-6-19(9-16)14(20)13-7-10-3-4-11(17)8-12(10)18-13/h3-4,7-8,18H,2,5-6,9H2,1H3,(H,21,22). The Balaban J connectivity index is 1.87. The molecule has 0 radical (unpaired) electrons. The Morgan fingerprint density at radius 2 is 2.14 bits per heavy atom. The summed E-state index contributed by atoms with van der Waals surface area (Å²) in [6.07, 6.45) is 1.29. The molecule has 116 valence electrons. The third-order valence-corrected chi connectivity index (χ3v) is 4.55. The number of carbonyl (C=O) groups excluding carboxylic acids is 1. The minimum absolute atomic E-state index is 0.167. The van der Waals surface area contributed by atoms with Gasteiger partial charge in [-0.1, -0.05) is 17.7 Å². The van der Waals surface area contributed by atoms with Crippen molar-refractivity contribution in [1.82, 2.24) is 9.88 Å². The normalized spacial score (nSPS) is 22.0. The lowest BCUT2D eigenvalue weighted by molar-refractivity contribution is -0.150. The van der Waals surface area contributed by atoms with Gasteiger partial charge in [-0.05, 0) is 38.0 Å². The van der Waals surface area contributed by atoms with Gasteiger partial charge in [0, 0.05) is 29.0 Å². The summed E-state index contributed by atoms with van der Waals surface area (Å²) < 4.78 is 0. The van der Waals surface area contributed by atoms with Gasteiger partial charge in [-0.25, -0.2) is 0 Å². The van der Waals surface area contributed by atoms with Crippen molar-refractivity contribution >= 4 is 34.4 Å². The van der Waals surface area contributed by atoms with Crippen molar-refractivity contribution < 1.29 is 14.7 Å². The molecule has 1 unspecified atom stereocenters. The summed E-state index contributed by atoms with van der Waals surface area (Å²) in [5.74, 6) is -1.02. The highest BCUT2D eigenvalue weighted by atomic mass is 35.5. The number of amides is 1. The summed E-state index contributed by atoms with van der Waals surface area (Å²) in [5, 5.41) is 10.9. The fourth-order valence-electron chi connectivity index (χ4n) is 2.97. The molecule has 5 nitrogen and oxygen atoms in total. The second-order valence-electron chi connectivity index (χ2n) is 6.11. The Hall–Kier alpha value is -2.01. The molecule has 3 rings (SSSR count). The molecular formula is C16H17ClN2O3. The number of hydrogen-bond acceptors (Lipinski definition) is 2.